The molecule has 202 valence electrons. The SMILES string of the molecule is Cc1ccc(N=C2S/C(=C/c3cc(Br)ccc3OCc3ccccc3Cl)C(=O)N2c2ccc(C)c(Cl)c2)cc1Cl. The van der Waals surface area contributed by atoms with E-state index in [-0.39, 0.29) is 12.5 Å². The topological polar surface area (TPSA) is 41.9 Å². The molecule has 1 aliphatic rings. The van der Waals surface area contributed by atoms with Gasteiger partial charge in [0.1, 0.15) is 12.4 Å². The Hall–Kier alpha value is -2.74. The van der Waals surface area contributed by atoms with Gasteiger partial charge in [0.25, 0.3) is 5.91 Å². The first kappa shape index (κ1) is 28.8. The van der Waals surface area contributed by atoms with Crippen LogP contribution in [0.25, 0.3) is 6.08 Å². The summed E-state index contributed by atoms with van der Waals surface area (Å²) in [6, 6.07) is 24.3. The number of benzene rings is 4. The molecule has 1 fully saturated rings. The lowest BCUT2D eigenvalue weighted by Gasteiger charge is -2.16. The molecule has 0 aromatic heterocycles. The largest absolute Gasteiger partial charge is 0.488 e. The summed E-state index contributed by atoms with van der Waals surface area (Å²) in [7, 11) is 0. The second kappa shape index (κ2) is 12.4. The standard InChI is InChI=1S/C31H22BrCl3N2O2S/c1-18-7-10-23(15-26(18)34)36-31-37(24-11-8-19(2)27(35)16-24)30(38)29(40-31)14-21-13-22(32)9-12-28(21)39-17-20-5-3-4-6-25(20)33/h3-16H,17H2,1-2H3/b29-14+,36-31?. The van der Waals surface area contributed by atoms with Crippen molar-refractivity contribution < 1.29 is 9.53 Å². The monoisotopic (exact) mass is 670 g/mol. The van der Waals surface area contributed by atoms with Gasteiger partial charge in [-0.25, -0.2) is 4.99 Å². The summed E-state index contributed by atoms with van der Waals surface area (Å²) >= 11 is 23.9. The zero-order valence-corrected chi connectivity index (χ0v) is 26.1. The number of anilines is 1. The van der Waals surface area contributed by atoms with E-state index in [0.29, 0.717) is 42.3 Å². The number of halogens is 4. The maximum absolute atomic E-state index is 13.9. The van der Waals surface area contributed by atoms with Crippen LogP contribution in [0.15, 0.2) is 93.2 Å². The van der Waals surface area contributed by atoms with Gasteiger partial charge in [0.2, 0.25) is 0 Å². The highest BCUT2D eigenvalue weighted by Crippen LogP contribution is 2.40. The van der Waals surface area contributed by atoms with Crippen molar-refractivity contribution >= 4 is 91.0 Å². The molecule has 0 unspecified atom stereocenters. The van der Waals surface area contributed by atoms with Gasteiger partial charge in [-0.3, -0.25) is 9.69 Å². The minimum absolute atomic E-state index is 0.223. The molecular weight excluding hydrogens is 651 g/mol. The molecule has 0 radical (unpaired) electrons. The number of nitrogens with zero attached hydrogens (tertiary/aromatic N) is 2. The van der Waals surface area contributed by atoms with Gasteiger partial charge in [-0.05, 0) is 91.3 Å². The van der Waals surface area contributed by atoms with Crippen molar-refractivity contribution in [2.24, 2.45) is 4.99 Å². The smallest absolute Gasteiger partial charge is 0.271 e. The fourth-order valence-corrected chi connectivity index (χ4v) is 5.85. The maximum atomic E-state index is 13.9. The molecule has 0 atom stereocenters. The van der Waals surface area contributed by atoms with E-state index in [2.05, 4.69) is 15.9 Å². The van der Waals surface area contributed by atoms with Crippen molar-refractivity contribution in [1.82, 2.24) is 0 Å². The molecule has 0 saturated carbocycles. The Balaban J connectivity index is 1.54. The first-order valence-electron chi connectivity index (χ1n) is 12.2. The second-order valence-corrected chi connectivity index (χ2v) is 12.2. The van der Waals surface area contributed by atoms with Gasteiger partial charge < -0.3 is 4.74 Å². The van der Waals surface area contributed by atoms with E-state index in [1.807, 2.05) is 86.7 Å². The summed E-state index contributed by atoms with van der Waals surface area (Å²) in [6.45, 7) is 4.13. The first-order valence-corrected chi connectivity index (χ1v) is 14.9. The zero-order valence-electron chi connectivity index (χ0n) is 21.4. The summed E-state index contributed by atoms with van der Waals surface area (Å²) in [5, 5.41) is 2.29. The number of amides is 1. The molecule has 5 rings (SSSR count). The van der Waals surface area contributed by atoms with E-state index in [4.69, 9.17) is 44.5 Å². The number of aryl methyl sites for hydroxylation is 2. The number of ether oxygens (including phenoxy) is 1. The Labute approximate surface area is 260 Å². The minimum atomic E-state index is -0.223. The average Bonchev–Trinajstić information content (AvgIpc) is 3.22. The van der Waals surface area contributed by atoms with Crippen LogP contribution in [0.4, 0.5) is 11.4 Å². The molecule has 9 heteroatoms. The molecule has 1 aliphatic heterocycles. The Morgan fingerprint density at radius 2 is 1.62 bits per heavy atom. The zero-order chi connectivity index (χ0) is 28.4. The first-order chi connectivity index (χ1) is 19.2. The molecule has 40 heavy (non-hydrogen) atoms. The Kier molecular flexibility index (Phi) is 8.93. The number of aliphatic imine (C=N–C) groups is 1. The van der Waals surface area contributed by atoms with Crippen molar-refractivity contribution in [3.05, 3.63) is 126 Å². The number of carbonyl (C=O) groups is 1. The van der Waals surface area contributed by atoms with E-state index in [1.165, 1.54) is 11.8 Å². The molecule has 0 N–H and O–H groups in total. The van der Waals surface area contributed by atoms with Crippen molar-refractivity contribution in [3.8, 4) is 5.75 Å². The van der Waals surface area contributed by atoms with Gasteiger partial charge in [0, 0.05) is 30.7 Å². The third kappa shape index (κ3) is 6.42. The average molecular weight is 673 g/mol. The molecule has 0 aliphatic carbocycles. The van der Waals surface area contributed by atoms with Crippen molar-refractivity contribution in [1.29, 1.82) is 0 Å². The van der Waals surface area contributed by atoms with Crippen LogP contribution in [-0.4, -0.2) is 11.1 Å². The quantitative estimate of drug-likeness (QED) is 0.192. The molecule has 1 saturated heterocycles. The van der Waals surface area contributed by atoms with Crippen molar-refractivity contribution in [2.75, 3.05) is 4.90 Å². The number of rotatable bonds is 6. The van der Waals surface area contributed by atoms with Crippen LogP contribution in [0.5, 0.6) is 5.75 Å². The highest BCUT2D eigenvalue weighted by atomic mass is 79.9. The van der Waals surface area contributed by atoms with Gasteiger partial charge in [0.15, 0.2) is 5.17 Å². The Morgan fingerprint density at radius 1 is 0.900 bits per heavy atom. The van der Waals surface area contributed by atoms with E-state index in [9.17, 15) is 4.79 Å². The summed E-state index contributed by atoms with van der Waals surface area (Å²) in [6.07, 6.45) is 1.81. The van der Waals surface area contributed by atoms with Crippen LogP contribution in [0.3, 0.4) is 0 Å². The minimum Gasteiger partial charge on any atom is -0.488 e. The molecular formula is C31H22BrCl3N2O2S. The molecule has 4 nitrogen and oxygen atoms in total. The fourth-order valence-electron chi connectivity index (χ4n) is 3.93. The van der Waals surface area contributed by atoms with Gasteiger partial charge >= 0.3 is 0 Å². The highest BCUT2D eigenvalue weighted by Gasteiger charge is 2.35. The van der Waals surface area contributed by atoms with Crippen LogP contribution in [-0.2, 0) is 11.4 Å². The summed E-state index contributed by atoms with van der Waals surface area (Å²) in [5.74, 6) is 0.392. The number of hydrogen-bond acceptors (Lipinski definition) is 4. The maximum Gasteiger partial charge on any atom is 0.271 e. The summed E-state index contributed by atoms with van der Waals surface area (Å²) in [4.78, 5) is 20.7. The predicted molar refractivity (Wildman–Crippen MR) is 172 cm³/mol. The normalized spacial score (nSPS) is 15.3. The summed E-state index contributed by atoms with van der Waals surface area (Å²) in [5.41, 5.74) is 4.73. The number of amidine groups is 1. The number of hydrogen-bond donors (Lipinski definition) is 0. The van der Waals surface area contributed by atoms with Gasteiger partial charge in [0.05, 0.1) is 16.3 Å². The third-order valence-electron chi connectivity index (χ3n) is 6.20. The third-order valence-corrected chi connectivity index (χ3v) is 8.84. The van der Waals surface area contributed by atoms with E-state index in [1.54, 1.807) is 17.0 Å². The molecule has 4 aromatic carbocycles. The van der Waals surface area contributed by atoms with Crippen LogP contribution < -0.4 is 9.64 Å². The Morgan fingerprint density at radius 3 is 2.35 bits per heavy atom. The van der Waals surface area contributed by atoms with Gasteiger partial charge in [-0.1, -0.05) is 81.1 Å². The van der Waals surface area contributed by atoms with Crippen LogP contribution in [0, 0.1) is 13.8 Å². The van der Waals surface area contributed by atoms with Crippen molar-refractivity contribution in [3.63, 3.8) is 0 Å². The highest BCUT2D eigenvalue weighted by molar-refractivity contribution is 9.10. The van der Waals surface area contributed by atoms with E-state index in [0.717, 1.165) is 26.7 Å². The summed E-state index contributed by atoms with van der Waals surface area (Å²) < 4.78 is 7.00. The van der Waals surface area contributed by atoms with Gasteiger partial charge in [-0.2, -0.15) is 0 Å². The van der Waals surface area contributed by atoms with Gasteiger partial charge in [-0.15, -0.1) is 0 Å². The van der Waals surface area contributed by atoms with Crippen LogP contribution in [0.2, 0.25) is 15.1 Å². The molecule has 0 bridgehead atoms. The molecule has 0 spiro atoms. The van der Waals surface area contributed by atoms with Crippen LogP contribution >= 0.6 is 62.5 Å². The van der Waals surface area contributed by atoms with Crippen molar-refractivity contribution in [2.45, 2.75) is 20.5 Å². The molecule has 4 aromatic rings. The van der Waals surface area contributed by atoms with E-state index >= 15 is 0 Å². The molecule has 1 heterocycles. The lowest BCUT2D eigenvalue weighted by Crippen LogP contribution is -2.28. The fraction of sp³-hybridized carbons (Fsp3) is 0.0968. The lowest BCUT2D eigenvalue weighted by molar-refractivity contribution is -0.113. The van der Waals surface area contributed by atoms with Crippen LogP contribution in [0.1, 0.15) is 22.3 Å². The Bertz CT molecular complexity index is 1690. The predicted octanol–water partition coefficient (Wildman–Crippen LogP) is 10.4. The number of thioether (sulfide) groups is 1. The van der Waals surface area contributed by atoms with E-state index < -0.39 is 0 Å². The second-order valence-electron chi connectivity index (χ2n) is 9.07. The number of carbonyl (C=O) groups excluding carboxylic acids is 1. The lowest BCUT2D eigenvalue weighted by atomic mass is 10.1. The molecule has 1 amide bonds.